The summed E-state index contributed by atoms with van der Waals surface area (Å²) in [5, 5.41) is 11.5. The second-order valence-electron chi connectivity index (χ2n) is 5.18. The number of anilines is 1. The van der Waals surface area contributed by atoms with E-state index in [1.165, 1.54) is 12.7 Å². The van der Waals surface area contributed by atoms with Crippen LogP contribution in [0.25, 0.3) is 11.2 Å². The lowest BCUT2D eigenvalue weighted by molar-refractivity contribution is 0.0635. The van der Waals surface area contributed by atoms with Crippen molar-refractivity contribution in [3.63, 3.8) is 0 Å². The summed E-state index contributed by atoms with van der Waals surface area (Å²) < 4.78 is 6.84. The van der Waals surface area contributed by atoms with E-state index in [4.69, 9.17) is 9.84 Å². The van der Waals surface area contributed by atoms with Gasteiger partial charge in [-0.25, -0.2) is 19.7 Å². The molecule has 2 heterocycles. The number of fused-ring (bicyclic) bond motifs is 1. The summed E-state index contributed by atoms with van der Waals surface area (Å²) in [7, 11) is 0. The minimum absolute atomic E-state index is 0.0235. The van der Waals surface area contributed by atoms with Gasteiger partial charge < -0.3 is 14.4 Å². The minimum atomic E-state index is -0.603. The molecule has 0 aromatic carbocycles. The number of carbonyl (C=O) groups is 1. The Hall–Kier alpha value is -2.22. The van der Waals surface area contributed by atoms with Gasteiger partial charge in [0, 0.05) is 6.54 Å². The summed E-state index contributed by atoms with van der Waals surface area (Å²) in [6.07, 6.45) is 2.26. The van der Waals surface area contributed by atoms with E-state index in [0.29, 0.717) is 17.7 Å². The summed E-state index contributed by atoms with van der Waals surface area (Å²) in [5.41, 5.74) is 0.402. The number of aliphatic hydroxyl groups is 1. The Morgan fingerprint density at radius 2 is 2.15 bits per heavy atom. The van der Waals surface area contributed by atoms with Crippen molar-refractivity contribution in [2.75, 3.05) is 11.9 Å². The van der Waals surface area contributed by atoms with Crippen molar-refractivity contribution in [1.82, 2.24) is 19.5 Å². The predicted molar refractivity (Wildman–Crippen MR) is 72.3 cm³/mol. The van der Waals surface area contributed by atoms with Crippen molar-refractivity contribution in [2.24, 2.45) is 0 Å². The molecule has 0 fully saturated rings. The van der Waals surface area contributed by atoms with Crippen molar-refractivity contribution < 1.29 is 14.6 Å². The molecule has 2 rings (SSSR count). The molecule has 20 heavy (non-hydrogen) atoms. The molecule has 0 atom stereocenters. The Labute approximate surface area is 115 Å². The first-order chi connectivity index (χ1) is 9.40. The lowest BCUT2D eigenvalue weighted by atomic mass is 10.2. The molecular weight excluding hydrogens is 262 g/mol. The highest BCUT2D eigenvalue weighted by molar-refractivity contribution is 5.93. The number of amides is 1. The zero-order valence-corrected chi connectivity index (χ0v) is 11.6. The molecule has 0 unspecified atom stereocenters. The summed E-state index contributed by atoms with van der Waals surface area (Å²) in [4.78, 5) is 24.0. The number of nitrogens with zero attached hydrogens (tertiary/aromatic N) is 4. The second-order valence-corrected chi connectivity index (χ2v) is 5.18. The highest BCUT2D eigenvalue weighted by Crippen LogP contribution is 2.18. The van der Waals surface area contributed by atoms with Gasteiger partial charge in [0.2, 0.25) is 0 Å². The smallest absolute Gasteiger partial charge is 0.413 e. The molecule has 2 N–H and O–H groups in total. The van der Waals surface area contributed by atoms with Gasteiger partial charge in [0.1, 0.15) is 11.9 Å². The quantitative estimate of drug-likeness (QED) is 0.874. The molecule has 0 saturated heterocycles. The summed E-state index contributed by atoms with van der Waals surface area (Å²) in [6.45, 7) is 5.68. The summed E-state index contributed by atoms with van der Waals surface area (Å²) in [6, 6.07) is 0. The number of hydrogen-bond donors (Lipinski definition) is 2. The first kappa shape index (κ1) is 14.2. The number of aromatic nitrogens is 4. The first-order valence-electron chi connectivity index (χ1n) is 6.17. The number of ether oxygens (including phenoxy) is 1. The molecule has 0 radical (unpaired) electrons. The van der Waals surface area contributed by atoms with E-state index in [-0.39, 0.29) is 12.4 Å². The number of hydrogen-bond acceptors (Lipinski definition) is 6. The second kappa shape index (κ2) is 5.41. The number of rotatable bonds is 3. The third kappa shape index (κ3) is 3.21. The fraction of sp³-hybridized carbons (Fsp3) is 0.500. The zero-order chi connectivity index (χ0) is 14.8. The summed E-state index contributed by atoms with van der Waals surface area (Å²) in [5.74, 6) is 0.279. The zero-order valence-electron chi connectivity index (χ0n) is 11.6. The molecule has 0 aliphatic heterocycles. The minimum Gasteiger partial charge on any atom is -0.444 e. The number of carbonyl (C=O) groups excluding carboxylic acids is 1. The highest BCUT2D eigenvalue weighted by atomic mass is 16.6. The monoisotopic (exact) mass is 279 g/mol. The van der Waals surface area contributed by atoms with Gasteiger partial charge in [-0.15, -0.1) is 0 Å². The van der Waals surface area contributed by atoms with Crippen LogP contribution in [-0.4, -0.2) is 42.9 Å². The van der Waals surface area contributed by atoms with Crippen molar-refractivity contribution in [2.45, 2.75) is 32.9 Å². The van der Waals surface area contributed by atoms with Gasteiger partial charge >= 0.3 is 6.09 Å². The maximum Gasteiger partial charge on any atom is 0.413 e. The Kier molecular flexibility index (Phi) is 3.84. The molecule has 0 spiro atoms. The maximum atomic E-state index is 11.7. The molecule has 0 aliphatic rings. The normalized spacial score (nSPS) is 11.6. The molecule has 108 valence electrons. The van der Waals surface area contributed by atoms with Gasteiger partial charge in [0.05, 0.1) is 12.9 Å². The van der Waals surface area contributed by atoms with E-state index < -0.39 is 11.7 Å². The predicted octanol–water partition coefficient (Wildman–Crippen LogP) is 1.17. The maximum absolute atomic E-state index is 11.7. The molecule has 0 bridgehead atoms. The molecule has 2 aromatic heterocycles. The highest BCUT2D eigenvalue weighted by Gasteiger charge is 2.18. The van der Waals surface area contributed by atoms with Crippen LogP contribution in [0.15, 0.2) is 12.7 Å². The number of nitrogens with one attached hydrogen (secondary N) is 1. The van der Waals surface area contributed by atoms with E-state index in [9.17, 15) is 4.79 Å². The van der Waals surface area contributed by atoms with Crippen LogP contribution in [0.2, 0.25) is 0 Å². The van der Waals surface area contributed by atoms with Crippen molar-refractivity contribution >= 4 is 23.1 Å². The van der Waals surface area contributed by atoms with Crippen molar-refractivity contribution in [3.8, 4) is 0 Å². The Balaban J connectivity index is 2.25. The average Bonchev–Trinajstić information content (AvgIpc) is 2.72. The van der Waals surface area contributed by atoms with Crippen LogP contribution in [0.3, 0.4) is 0 Å². The Morgan fingerprint density at radius 1 is 1.40 bits per heavy atom. The lowest BCUT2D eigenvalue weighted by Crippen LogP contribution is -2.27. The number of imidazole rings is 1. The first-order valence-corrected chi connectivity index (χ1v) is 6.17. The van der Waals surface area contributed by atoms with E-state index in [2.05, 4.69) is 20.3 Å². The van der Waals surface area contributed by atoms with Gasteiger partial charge in [-0.05, 0) is 20.8 Å². The van der Waals surface area contributed by atoms with Gasteiger partial charge in [-0.3, -0.25) is 5.32 Å². The lowest BCUT2D eigenvalue weighted by Gasteiger charge is -2.19. The van der Waals surface area contributed by atoms with Crippen LogP contribution in [-0.2, 0) is 11.3 Å². The van der Waals surface area contributed by atoms with Crippen LogP contribution in [0.4, 0.5) is 10.6 Å². The third-order valence-corrected chi connectivity index (χ3v) is 2.36. The summed E-state index contributed by atoms with van der Waals surface area (Å²) >= 11 is 0. The largest absolute Gasteiger partial charge is 0.444 e. The van der Waals surface area contributed by atoms with Gasteiger partial charge in [0.15, 0.2) is 17.0 Å². The molecule has 8 nitrogen and oxygen atoms in total. The van der Waals surface area contributed by atoms with Gasteiger partial charge in [-0.1, -0.05) is 0 Å². The molecule has 1 amide bonds. The van der Waals surface area contributed by atoms with E-state index in [1.807, 2.05) is 0 Å². The third-order valence-electron chi connectivity index (χ3n) is 2.36. The van der Waals surface area contributed by atoms with Crippen LogP contribution in [0.5, 0.6) is 0 Å². The van der Waals surface area contributed by atoms with Gasteiger partial charge in [-0.2, -0.15) is 0 Å². The van der Waals surface area contributed by atoms with E-state index in [1.54, 1.807) is 25.3 Å². The van der Waals surface area contributed by atoms with Gasteiger partial charge in [0.25, 0.3) is 0 Å². The van der Waals surface area contributed by atoms with E-state index in [0.717, 1.165) is 0 Å². The molecule has 0 saturated carbocycles. The topological polar surface area (TPSA) is 102 Å². The van der Waals surface area contributed by atoms with Crippen LogP contribution in [0, 0.1) is 0 Å². The molecular formula is C12H17N5O3. The average molecular weight is 279 g/mol. The molecule has 8 heteroatoms. The Morgan fingerprint density at radius 3 is 2.80 bits per heavy atom. The molecule has 2 aromatic rings. The van der Waals surface area contributed by atoms with E-state index >= 15 is 0 Å². The van der Waals surface area contributed by atoms with Crippen molar-refractivity contribution in [1.29, 1.82) is 0 Å². The van der Waals surface area contributed by atoms with Crippen LogP contribution >= 0.6 is 0 Å². The van der Waals surface area contributed by atoms with Crippen LogP contribution < -0.4 is 5.32 Å². The fourth-order valence-corrected chi connectivity index (χ4v) is 1.64. The van der Waals surface area contributed by atoms with Crippen molar-refractivity contribution in [3.05, 3.63) is 12.7 Å². The fourth-order valence-electron chi connectivity index (χ4n) is 1.64. The van der Waals surface area contributed by atoms with Crippen LogP contribution in [0.1, 0.15) is 20.8 Å². The standard InChI is InChI=1S/C12H17N5O3/c1-12(2,3)20-11(19)16-9-8-10(14-6-13-9)17(4-5-18)7-15-8/h6-7,18H,4-5H2,1-3H3,(H,13,14,16,19). The molecule has 0 aliphatic carbocycles. The number of aliphatic hydroxyl groups excluding tert-OH is 1. The SMILES string of the molecule is CC(C)(C)OC(=O)Nc1ncnc2c1ncn2CCO. The Bertz CT molecular complexity index is 617.